The van der Waals surface area contributed by atoms with Crippen molar-refractivity contribution in [3.8, 4) is 0 Å². The first kappa shape index (κ1) is 24.2. The lowest BCUT2D eigenvalue weighted by molar-refractivity contribution is -0.134. The van der Waals surface area contributed by atoms with E-state index in [0.29, 0.717) is 31.1 Å². The van der Waals surface area contributed by atoms with Crippen LogP contribution in [0.1, 0.15) is 79.1 Å². The molecule has 3 N–H and O–H groups in total. The van der Waals surface area contributed by atoms with E-state index in [4.69, 9.17) is 0 Å². The molecule has 4 heteroatoms. The Morgan fingerprint density at radius 3 is 2.74 bits per heavy atom. The quantitative estimate of drug-likeness (QED) is 0.531. The third-order valence-electron chi connectivity index (χ3n) is 7.89. The molecule has 0 bridgehead atoms. The summed E-state index contributed by atoms with van der Waals surface area (Å²) >= 11 is 0. The van der Waals surface area contributed by atoms with Gasteiger partial charge in [0.2, 0.25) is 0 Å². The lowest BCUT2D eigenvalue weighted by Gasteiger charge is -2.42. The smallest absolute Gasteiger partial charge is 0.163 e. The molecule has 0 spiro atoms. The third-order valence-corrected chi connectivity index (χ3v) is 7.89. The zero-order valence-electron chi connectivity index (χ0n) is 19.7. The second kappa shape index (κ2) is 9.17. The summed E-state index contributed by atoms with van der Waals surface area (Å²) in [5, 5.41) is 30.1. The van der Waals surface area contributed by atoms with Crippen LogP contribution < -0.4 is 0 Å². The van der Waals surface area contributed by atoms with Gasteiger partial charge in [-0.25, -0.2) is 0 Å². The molecule has 31 heavy (non-hydrogen) atoms. The SMILES string of the molecule is C=C1/C(=C\C=C2/CCC[C@]3(C)C([C@H](C)CCC(=O)C(C)(C)O)=CCC23)C[C@@H](O)C[C@@H]1O. The average Bonchev–Trinajstić information content (AvgIpc) is 3.04. The minimum absolute atomic E-state index is 0.0902. The first-order valence-corrected chi connectivity index (χ1v) is 11.8. The maximum Gasteiger partial charge on any atom is 0.163 e. The average molecular weight is 429 g/mol. The van der Waals surface area contributed by atoms with E-state index in [9.17, 15) is 20.1 Å². The zero-order valence-corrected chi connectivity index (χ0v) is 19.7. The number of aliphatic hydroxyl groups is 3. The number of hydrogen-bond acceptors (Lipinski definition) is 4. The van der Waals surface area contributed by atoms with Gasteiger partial charge in [-0.1, -0.05) is 49.8 Å². The topological polar surface area (TPSA) is 77.8 Å². The molecule has 2 fully saturated rings. The molecule has 0 saturated heterocycles. The second-order valence-corrected chi connectivity index (χ2v) is 10.7. The van der Waals surface area contributed by atoms with Crippen molar-refractivity contribution >= 4 is 5.78 Å². The van der Waals surface area contributed by atoms with Crippen LogP contribution in [0, 0.1) is 17.3 Å². The van der Waals surface area contributed by atoms with E-state index >= 15 is 0 Å². The molecule has 0 aromatic rings. The van der Waals surface area contributed by atoms with E-state index < -0.39 is 17.8 Å². The minimum Gasteiger partial charge on any atom is -0.393 e. The highest BCUT2D eigenvalue weighted by atomic mass is 16.3. The number of carbonyl (C=O) groups excluding carboxylic acids is 1. The van der Waals surface area contributed by atoms with Gasteiger partial charge in [-0.3, -0.25) is 4.79 Å². The number of ketones is 1. The first-order chi connectivity index (χ1) is 14.4. The normalized spacial score (nSPS) is 35.3. The maximum atomic E-state index is 12.2. The van der Waals surface area contributed by atoms with Crippen molar-refractivity contribution in [3.05, 3.63) is 47.1 Å². The van der Waals surface area contributed by atoms with Gasteiger partial charge in [0.15, 0.2) is 5.78 Å². The van der Waals surface area contributed by atoms with Crippen molar-refractivity contribution in [3.63, 3.8) is 0 Å². The fourth-order valence-electron chi connectivity index (χ4n) is 5.89. The molecule has 0 radical (unpaired) electrons. The predicted molar refractivity (Wildman–Crippen MR) is 124 cm³/mol. The van der Waals surface area contributed by atoms with Crippen LogP contribution in [0.3, 0.4) is 0 Å². The molecule has 1 unspecified atom stereocenters. The van der Waals surface area contributed by atoms with Crippen LogP contribution in [-0.2, 0) is 4.79 Å². The summed E-state index contributed by atoms with van der Waals surface area (Å²) in [6, 6.07) is 0. The van der Waals surface area contributed by atoms with E-state index in [1.165, 1.54) is 11.1 Å². The Kier molecular flexibility index (Phi) is 7.15. The Morgan fingerprint density at radius 1 is 1.35 bits per heavy atom. The summed E-state index contributed by atoms with van der Waals surface area (Å²) in [5.41, 5.74) is 3.45. The van der Waals surface area contributed by atoms with Crippen LogP contribution in [0.4, 0.5) is 0 Å². The van der Waals surface area contributed by atoms with Gasteiger partial charge in [-0.2, -0.15) is 0 Å². The maximum absolute atomic E-state index is 12.2. The van der Waals surface area contributed by atoms with Crippen molar-refractivity contribution in [2.24, 2.45) is 17.3 Å². The van der Waals surface area contributed by atoms with Crippen molar-refractivity contribution in [2.75, 3.05) is 0 Å². The van der Waals surface area contributed by atoms with Crippen LogP contribution >= 0.6 is 0 Å². The van der Waals surface area contributed by atoms with E-state index in [1.807, 2.05) is 0 Å². The van der Waals surface area contributed by atoms with Gasteiger partial charge in [0, 0.05) is 12.8 Å². The van der Waals surface area contributed by atoms with Crippen molar-refractivity contribution < 1.29 is 20.1 Å². The first-order valence-electron chi connectivity index (χ1n) is 11.8. The Morgan fingerprint density at radius 2 is 2.06 bits per heavy atom. The number of rotatable bonds is 6. The number of fused-ring (bicyclic) bond motifs is 1. The molecule has 3 aliphatic rings. The molecule has 5 atom stereocenters. The largest absolute Gasteiger partial charge is 0.393 e. The number of aliphatic hydroxyl groups excluding tert-OH is 2. The molecule has 2 saturated carbocycles. The molecule has 0 aromatic heterocycles. The minimum atomic E-state index is -1.26. The standard InChI is InChI=1S/C27H40O4/c1-17(8-13-25(30)26(3,4)31)22-11-12-23-19(7-6-14-27(22,23)5)9-10-20-15-21(28)16-24(29)18(20)2/h9-11,17,21,23-24,28-29,31H,2,6-8,12-16H2,1,3-5H3/b19-9+,20-10-/t17-,21-,23?,24+,27-/m1/s1. The summed E-state index contributed by atoms with van der Waals surface area (Å²) in [6.45, 7) is 11.7. The molecule has 0 heterocycles. The number of Topliss-reactive ketones (excluding diaryl/α,β-unsaturated/α-hetero) is 1. The van der Waals surface area contributed by atoms with Crippen LogP contribution in [0.25, 0.3) is 0 Å². The lowest BCUT2D eigenvalue weighted by atomic mass is 9.62. The summed E-state index contributed by atoms with van der Waals surface area (Å²) in [4.78, 5) is 12.2. The van der Waals surface area contributed by atoms with Crippen LogP contribution in [0.15, 0.2) is 47.1 Å². The Labute approximate surface area is 187 Å². The van der Waals surface area contributed by atoms with Gasteiger partial charge in [-0.15, -0.1) is 0 Å². The fraction of sp³-hybridized carbons (Fsp3) is 0.667. The highest BCUT2D eigenvalue weighted by molar-refractivity contribution is 5.86. The molecule has 0 aliphatic heterocycles. The van der Waals surface area contributed by atoms with Gasteiger partial charge in [0.25, 0.3) is 0 Å². The number of carbonyl (C=O) groups is 1. The van der Waals surface area contributed by atoms with Crippen molar-refractivity contribution in [2.45, 2.75) is 96.9 Å². The van der Waals surface area contributed by atoms with E-state index in [2.05, 4.69) is 38.7 Å². The number of hydrogen-bond donors (Lipinski definition) is 3. The highest BCUT2D eigenvalue weighted by Crippen LogP contribution is 2.57. The molecule has 0 amide bonds. The molecule has 0 aromatic carbocycles. The van der Waals surface area contributed by atoms with E-state index in [-0.39, 0.29) is 11.2 Å². The summed E-state index contributed by atoms with van der Waals surface area (Å²) in [6.07, 6.45) is 12.0. The molecule has 172 valence electrons. The van der Waals surface area contributed by atoms with Gasteiger partial charge in [-0.05, 0) is 80.8 Å². The molecule has 3 rings (SSSR count). The molecular weight excluding hydrogens is 388 g/mol. The second-order valence-electron chi connectivity index (χ2n) is 10.7. The number of allylic oxidation sites excluding steroid dienone is 5. The Hall–Kier alpha value is -1.49. The highest BCUT2D eigenvalue weighted by Gasteiger charge is 2.46. The van der Waals surface area contributed by atoms with Gasteiger partial charge >= 0.3 is 0 Å². The summed E-state index contributed by atoms with van der Waals surface area (Å²) in [7, 11) is 0. The zero-order chi connectivity index (χ0) is 23.0. The van der Waals surface area contributed by atoms with Gasteiger partial charge < -0.3 is 15.3 Å². The Bertz CT molecular complexity index is 810. The summed E-state index contributed by atoms with van der Waals surface area (Å²) in [5.74, 6) is 0.697. The third kappa shape index (κ3) is 5.13. The molecule has 3 aliphatic carbocycles. The predicted octanol–water partition coefficient (Wildman–Crippen LogP) is 4.80. The molecular formula is C27H40O4. The van der Waals surface area contributed by atoms with Crippen molar-refractivity contribution in [1.82, 2.24) is 0 Å². The van der Waals surface area contributed by atoms with Crippen LogP contribution in [-0.4, -0.2) is 38.9 Å². The Balaban J connectivity index is 1.73. The molecule has 4 nitrogen and oxygen atoms in total. The lowest BCUT2D eigenvalue weighted by Crippen LogP contribution is -2.34. The van der Waals surface area contributed by atoms with Gasteiger partial charge in [0.1, 0.15) is 5.60 Å². The fourth-order valence-corrected chi connectivity index (χ4v) is 5.89. The monoisotopic (exact) mass is 428 g/mol. The van der Waals surface area contributed by atoms with Crippen LogP contribution in [0.2, 0.25) is 0 Å². The van der Waals surface area contributed by atoms with E-state index in [0.717, 1.165) is 43.3 Å². The van der Waals surface area contributed by atoms with Gasteiger partial charge in [0.05, 0.1) is 12.2 Å². The summed E-state index contributed by atoms with van der Waals surface area (Å²) < 4.78 is 0. The van der Waals surface area contributed by atoms with E-state index in [1.54, 1.807) is 13.8 Å². The van der Waals surface area contributed by atoms with Crippen molar-refractivity contribution in [1.29, 1.82) is 0 Å². The van der Waals surface area contributed by atoms with Crippen LogP contribution in [0.5, 0.6) is 0 Å².